The number of anilines is 1. The first-order chi connectivity index (χ1) is 15.3. The van der Waals surface area contributed by atoms with E-state index in [-0.39, 0.29) is 11.3 Å². The summed E-state index contributed by atoms with van der Waals surface area (Å²) < 4.78 is 5.76. The highest BCUT2D eigenvalue weighted by Gasteiger charge is 2.20. The second kappa shape index (κ2) is 10.6. The van der Waals surface area contributed by atoms with E-state index in [0.717, 1.165) is 30.2 Å². The van der Waals surface area contributed by atoms with Crippen LogP contribution >= 0.6 is 11.8 Å². The third-order valence-electron chi connectivity index (χ3n) is 4.98. The maximum Gasteiger partial charge on any atom is 0.287 e. The Balaban J connectivity index is 1.67. The molecular weight excluding hydrogens is 422 g/mol. The summed E-state index contributed by atoms with van der Waals surface area (Å²) in [5.41, 5.74) is 1.91. The average molecular weight is 454 g/mol. The molecular formula is C24H31N5O2S. The average Bonchev–Trinajstić information content (AvgIpc) is 3.26. The van der Waals surface area contributed by atoms with E-state index in [1.54, 1.807) is 18.5 Å². The fourth-order valence-corrected chi connectivity index (χ4v) is 3.80. The van der Waals surface area contributed by atoms with Gasteiger partial charge in [0.05, 0.1) is 11.4 Å². The van der Waals surface area contributed by atoms with Crippen molar-refractivity contribution in [2.45, 2.75) is 57.5 Å². The minimum absolute atomic E-state index is 0.0785. The van der Waals surface area contributed by atoms with Gasteiger partial charge in [0, 0.05) is 43.5 Å². The number of carbonyl (C=O) groups excluding carboxylic acids is 1. The fraction of sp³-hybridized carbons (Fsp3) is 0.417. The lowest BCUT2D eigenvalue weighted by Gasteiger charge is -2.24. The van der Waals surface area contributed by atoms with Gasteiger partial charge in [0.1, 0.15) is 11.6 Å². The molecule has 0 atom stereocenters. The molecule has 0 spiro atoms. The third kappa shape index (κ3) is 6.32. The largest absolute Gasteiger partial charge is 0.455 e. The normalized spacial score (nSPS) is 11.4. The van der Waals surface area contributed by atoms with E-state index in [4.69, 9.17) is 14.4 Å². The van der Waals surface area contributed by atoms with Crippen molar-refractivity contribution < 1.29 is 9.21 Å². The Labute approximate surface area is 194 Å². The first kappa shape index (κ1) is 23.8. The summed E-state index contributed by atoms with van der Waals surface area (Å²) >= 11 is 1.51. The fourth-order valence-electron chi connectivity index (χ4n) is 3.05. The van der Waals surface area contributed by atoms with Gasteiger partial charge < -0.3 is 14.6 Å². The van der Waals surface area contributed by atoms with Crippen molar-refractivity contribution in [3.05, 3.63) is 65.5 Å². The summed E-state index contributed by atoms with van der Waals surface area (Å²) in [6.45, 7) is 12.9. The molecule has 0 fully saturated rings. The number of hydrogen-bond acceptors (Lipinski definition) is 7. The number of nitrogens with zero attached hydrogens (tertiary/aromatic N) is 4. The number of hydrogen-bond donors (Lipinski definition) is 1. The molecule has 0 aromatic carbocycles. The quantitative estimate of drug-likeness (QED) is 0.367. The van der Waals surface area contributed by atoms with Crippen molar-refractivity contribution in [1.29, 1.82) is 0 Å². The van der Waals surface area contributed by atoms with Gasteiger partial charge in [0.15, 0.2) is 10.9 Å². The van der Waals surface area contributed by atoms with Gasteiger partial charge in [-0.25, -0.2) is 9.97 Å². The number of aromatic nitrogens is 3. The van der Waals surface area contributed by atoms with Gasteiger partial charge in [-0.15, -0.1) is 0 Å². The van der Waals surface area contributed by atoms with Crippen LogP contribution in [0.4, 0.5) is 5.82 Å². The molecule has 32 heavy (non-hydrogen) atoms. The maximum atomic E-state index is 12.4. The van der Waals surface area contributed by atoms with E-state index in [0.29, 0.717) is 29.0 Å². The SMILES string of the molecule is CCN(CC)c1cc(C(C)(C)C)nc(SCc2ccc(C(=O)NCc3ccncc3)o2)n1. The van der Waals surface area contributed by atoms with Crippen LogP contribution in [0.25, 0.3) is 0 Å². The van der Waals surface area contributed by atoms with Crippen LogP contribution in [0.5, 0.6) is 0 Å². The molecule has 3 heterocycles. The number of nitrogens with one attached hydrogen (secondary N) is 1. The minimum atomic E-state index is -0.243. The molecule has 0 radical (unpaired) electrons. The Kier molecular flexibility index (Phi) is 7.90. The molecule has 0 saturated carbocycles. The molecule has 3 aromatic rings. The van der Waals surface area contributed by atoms with Crippen LogP contribution in [0.2, 0.25) is 0 Å². The van der Waals surface area contributed by atoms with E-state index < -0.39 is 0 Å². The molecule has 170 valence electrons. The molecule has 0 aliphatic heterocycles. The molecule has 8 heteroatoms. The van der Waals surface area contributed by atoms with Gasteiger partial charge >= 0.3 is 0 Å². The molecule has 3 rings (SSSR count). The number of amides is 1. The minimum Gasteiger partial charge on any atom is -0.455 e. The van der Waals surface area contributed by atoms with Gasteiger partial charge in [-0.1, -0.05) is 32.5 Å². The van der Waals surface area contributed by atoms with Crippen LogP contribution in [0.1, 0.15) is 62.2 Å². The topological polar surface area (TPSA) is 84.2 Å². The van der Waals surface area contributed by atoms with Gasteiger partial charge in [0.2, 0.25) is 0 Å². The number of rotatable bonds is 9. The number of pyridine rings is 1. The molecule has 0 aliphatic carbocycles. The first-order valence-electron chi connectivity index (χ1n) is 10.8. The number of carbonyl (C=O) groups is 1. The maximum absolute atomic E-state index is 12.4. The molecule has 0 bridgehead atoms. The Morgan fingerprint density at radius 3 is 2.47 bits per heavy atom. The Morgan fingerprint density at radius 1 is 1.09 bits per heavy atom. The molecule has 0 unspecified atom stereocenters. The van der Waals surface area contributed by atoms with Gasteiger partial charge in [-0.05, 0) is 43.7 Å². The first-order valence-corrected chi connectivity index (χ1v) is 11.8. The zero-order valence-electron chi connectivity index (χ0n) is 19.4. The van der Waals surface area contributed by atoms with E-state index in [1.165, 1.54) is 11.8 Å². The number of thioether (sulfide) groups is 1. The lowest BCUT2D eigenvalue weighted by atomic mass is 9.92. The predicted octanol–water partition coefficient (Wildman–Crippen LogP) is 4.83. The monoisotopic (exact) mass is 453 g/mol. The zero-order valence-corrected chi connectivity index (χ0v) is 20.2. The van der Waals surface area contributed by atoms with Crippen molar-refractivity contribution in [3.63, 3.8) is 0 Å². The van der Waals surface area contributed by atoms with Gasteiger partial charge in [0.25, 0.3) is 5.91 Å². The summed E-state index contributed by atoms with van der Waals surface area (Å²) in [5.74, 6) is 2.24. The van der Waals surface area contributed by atoms with Gasteiger partial charge in [-0.3, -0.25) is 9.78 Å². The molecule has 1 amide bonds. The molecule has 0 aliphatic rings. The highest BCUT2D eigenvalue weighted by molar-refractivity contribution is 7.98. The van der Waals surface area contributed by atoms with E-state index >= 15 is 0 Å². The summed E-state index contributed by atoms with van der Waals surface area (Å²) in [7, 11) is 0. The van der Waals surface area contributed by atoms with Crippen LogP contribution in [-0.2, 0) is 17.7 Å². The summed E-state index contributed by atoms with van der Waals surface area (Å²) in [6.07, 6.45) is 3.40. The Morgan fingerprint density at radius 2 is 1.81 bits per heavy atom. The van der Waals surface area contributed by atoms with Crippen LogP contribution < -0.4 is 10.2 Å². The summed E-state index contributed by atoms with van der Waals surface area (Å²) in [4.78, 5) is 28.1. The second-order valence-corrected chi connectivity index (χ2v) is 9.35. The highest BCUT2D eigenvalue weighted by Crippen LogP contribution is 2.28. The smallest absolute Gasteiger partial charge is 0.287 e. The lowest BCUT2D eigenvalue weighted by Crippen LogP contribution is -2.25. The van der Waals surface area contributed by atoms with Crippen molar-refractivity contribution in [2.75, 3.05) is 18.0 Å². The van der Waals surface area contributed by atoms with Crippen molar-refractivity contribution >= 4 is 23.5 Å². The summed E-state index contributed by atoms with van der Waals surface area (Å²) in [5, 5.41) is 3.57. The van der Waals surface area contributed by atoms with E-state index in [2.05, 4.69) is 55.9 Å². The number of furan rings is 1. The standard InChI is InChI=1S/C24H31N5O2S/c1-6-29(7-2)21-14-20(24(3,4)5)27-23(28-21)32-16-18-8-9-19(31-18)22(30)26-15-17-10-12-25-13-11-17/h8-14H,6-7,15-16H2,1-5H3,(H,26,30). The third-order valence-corrected chi connectivity index (χ3v) is 5.85. The van der Waals surface area contributed by atoms with Crippen LogP contribution in [-0.4, -0.2) is 33.9 Å². The van der Waals surface area contributed by atoms with Crippen LogP contribution in [0.15, 0.2) is 52.3 Å². The molecule has 7 nitrogen and oxygen atoms in total. The highest BCUT2D eigenvalue weighted by atomic mass is 32.2. The Hall–Kier alpha value is -2.87. The molecule has 3 aromatic heterocycles. The Bertz CT molecular complexity index is 1030. The summed E-state index contributed by atoms with van der Waals surface area (Å²) in [6, 6.07) is 9.33. The predicted molar refractivity (Wildman–Crippen MR) is 128 cm³/mol. The van der Waals surface area contributed by atoms with Gasteiger partial charge in [-0.2, -0.15) is 0 Å². The van der Waals surface area contributed by atoms with Crippen molar-refractivity contribution in [1.82, 2.24) is 20.3 Å². The zero-order chi connectivity index (χ0) is 23.1. The second-order valence-electron chi connectivity index (χ2n) is 8.41. The lowest BCUT2D eigenvalue weighted by molar-refractivity contribution is 0.0921. The van der Waals surface area contributed by atoms with Crippen molar-refractivity contribution in [3.8, 4) is 0 Å². The van der Waals surface area contributed by atoms with Crippen molar-refractivity contribution in [2.24, 2.45) is 0 Å². The van der Waals surface area contributed by atoms with Crippen LogP contribution in [0.3, 0.4) is 0 Å². The molecule has 0 saturated heterocycles. The van der Waals surface area contributed by atoms with E-state index in [9.17, 15) is 4.79 Å². The van der Waals surface area contributed by atoms with Crippen LogP contribution in [0, 0.1) is 0 Å². The molecule has 1 N–H and O–H groups in total. The van der Waals surface area contributed by atoms with E-state index in [1.807, 2.05) is 18.2 Å².